The van der Waals surface area contributed by atoms with Gasteiger partial charge in [0.25, 0.3) is 0 Å². The van der Waals surface area contributed by atoms with Crippen LogP contribution in [0.5, 0.6) is 23.0 Å². The smallest absolute Gasteiger partial charge is 0.223 e. The van der Waals surface area contributed by atoms with Gasteiger partial charge in [0, 0.05) is 37.3 Å². The zero-order valence-corrected chi connectivity index (χ0v) is 26.0. The topological polar surface area (TPSA) is 61.7 Å². The van der Waals surface area contributed by atoms with Gasteiger partial charge in [0.2, 0.25) is 5.91 Å². The molecule has 0 saturated carbocycles. The Hall–Kier alpha value is -2.93. The van der Waals surface area contributed by atoms with Crippen molar-refractivity contribution in [3.05, 3.63) is 46.5 Å². The number of nitrogens with zero attached hydrogens (tertiary/aromatic N) is 1. The summed E-state index contributed by atoms with van der Waals surface area (Å²) in [7, 11) is 6.82. The van der Waals surface area contributed by atoms with Gasteiger partial charge in [0.05, 0.1) is 47.6 Å². The van der Waals surface area contributed by atoms with Crippen molar-refractivity contribution in [1.29, 1.82) is 0 Å². The maximum absolute atomic E-state index is 13.7. The standard InChI is InChI=1S/C34H48N2O5/c1-8-22-20-35-11-9-23-16-30(38-4)32(40-6)18-26(23)28(35)14-25(22)15-29-27-19-33(41-7)31(39-5)17-24(27)10-12-36(29)34(37)13-21(2)3/h16-19,21-22,25,28-29H,8-15,20H2,1-7H3/p+1/t22-,25-,28+,29-/m1/s1. The van der Waals surface area contributed by atoms with E-state index in [9.17, 15) is 4.79 Å². The monoisotopic (exact) mass is 565 g/mol. The molecular weight excluding hydrogens is 516 g/mol. The summed E-state index contributed by atoms with van der Waals surface area (Å²) in [6, 6.07) is 9.16. The molecule has 5 atom stereocenters. The first-order chi connectivity index (χ1) is 19.8. The number of methoxy groups -OCH3 is 4. The fraction of sp³-hybridized carbons (Fsp3) is 0.618. The minimum absolute atomic E-state index is 0.0406. The van der Waals surface area contributed by atoms with E-state index < -0.39 is 0 Å². The molecule has 41 heavy (non-hydrogen) atoms. The van der Waals surface area contributed by atoms with Gasteiger partial charge in [-0.2, -0.15) is 0 Å². The Kier molecular flexibility index (Phi) is 9.03. The zero-order chi connectivity index (χ0) is 29.3. The third-order valence-corrected chi connectivity index (χ3v) is 9.91. The Bertz CT molecular complexity index is 1240. The number of carbonyl (C=O) groups is 1. The second-order valence-corrected chi connectivity index (χ2v) is 12.6. The lowest BCUT2D eigenvalue weighted by atomic mass is 9.72. The van der Waals surface area contributed by atoms with Crippen molar-refractivity contribution in [2.45, 2.75) is 71.4 Å². The summed E-state index contributed by atoms with van der Waals surface area (Å²) in [6.07, 6.45) is 5.73. The molecule has 2 aromatic carbocycles. The van der Waals surface area contributed by atoms with Crippen molar-refractivity contribution >= 4 is 5.91 Å². The lowest BCUT2D eigenvalue weighted by molar-refractivity contribution is -0.944. The molecule has 7 heteroatoms. The third-order valence-electron chi connectivity index (χ3n) is 9.91. The molecule has 5 rings (SSSR count). The van der Waals surface area contributed by atoms with Crippen LogP contribution >= 0.6 is 0 Å². The van der Waals surface area contributed by atoms with E-state index in [0.29, 0.717) is 30.2 Å². The van der Waals surface area contributed by atoms with Gasteiger partial charge in [0.1, 0.15) is 6.04 Å². The van der Waals surface area contributed by atoms with E-state index in [1.54, 1.807) is 33.3 Å². The van der Waals surface area contributed by atoms with Gasteiger partial charge in [-0.3, -0.25) is 4.79 Å². The number of carbonyl (C=O) groups excluding carboxylic acids is 1. The molecule has 3 aliphatic rings. The average Bonchev–Trinajstić information content (AvgIpc) is 2.98. The molecule has 7 nitrogen and oxygen atoms in total. The molecule has 3 heterocycles. The van der Waals surface area contributed by atoms with Gasteiger partial charge in [0.15, 0.2) is 23.0 Å². The van der Waals surface area contributed by atoms with Crippen molar-refractivity contribution in [2.24, 2.45) is 17.8 Å². The zero-order valence-electron chi connectivity index (χ0n) is 26.0. The van der Waals surface area contributed by atoms with Crippen LogP contribution in [0.3, 0.4) is 0 Å². The minimum atomic E-state index is 0.0406. The summed E-state index contributed by atoms with van der Waals surface area (Å²) in [5.74, 6) is 4.85. The summed E-state index contributed by atoms with van der Waals surface area (Å²) in [6.45, 7) is 9.68. The van der Waals surface area contributed by atoms with Crippen molar-refractivity contribution in [2.75, 3.05) is 48.1 Å². The maximum atomic E-state index is 13.7. The lowest BCUT2D eigenvalue weighted by Gasteiger charge is -2.47. The first-order valence-electron chi connectivity index (χ1n) is 15.4. The number of quaternary nitrogens is 1. The Morgan fingerprint density at radius 3 is 2.05 bits per heavy atom. The highest BCUT2D eigenvalue weighted by Crippen LogP contribution is 2.45. The second kappa shape index (κ2) is 12.5. The quantitative estimate of drug-likeness (QED) is 0.473. The number of fused-ring (bicyclic) bond motifs is 4. The largest absolute Gasteiger partial charge is 0.493 e. The summed E-state index contributed by atoms with van der Waals surface area (Å²) in [5, 5.41) is 0. The molecule has 1 fully saturated rings. The molecule has 3 aliphatic heterocycles. The van der Waals surface area contributed by atoms with Crippen LogP contribution in [-0.4, -0.2) is 58.9 Å². The predicted molar refractivity (Wildman–Crippen MR) is 160 cm³/mol. The normalized spacial score (nSPS) is 25.2. The molecule has 0 spiro atoms. The molecule has 0 radical (unpaired) electrons. The van der Waals surface area contributed by atoms with Gasteiger partial charge in [-0.05, 0) is 72.1 Å². The highest BCUT2D eigenvalue weighted by atomic mass is 16.5. The van der Waals surface area contributed by atoms with Gasteiger partial charge in [-0.25, -0.2) is 0 Å². The van der Waals surface area contributed by atoms with Crippen LogP contribution in [0.15, 0.2) is 24.3 Å². The van der Waals surface area contributed by atoms with Crippen LogP contribution in [0.2, 0.25) is 0 Å². The Labute approximate surface area is 246 Å². The van der Waals surface area contributed by atoms with Gasteiger partial charge in [-0.1, -0.05) is 20.8 Å². The summed E-state index contributed by atoms with van der Waals surface area (Å²) < 4.78 is 22.7. The van der Waals surface area contributed by atoms with E-state index >= 15 is 0 Å². The molecule has 1 saturated heterocycles. The van der Waals surface area contributed by atoms with E-state index in [0.717, 1.165) is 68.2 Å². The second-order valence-electron chi connectivity index (χ2n) is 12.6. The fourth-order valence-electron chi connectivity index (χ4n) is 7.80. The molecule has 1 unspecified atom stereocenters. The first kappa shape index (κ1) is 29.6. The van der Waals surface area contributed by atoms with Crippen molar-refractivity contribution < 1.29 is 28.6 Å². The number of ether oxygens (including phenoxy) is 4. The highest BCUT2D eigenvalue weighted by molar-refractivity contribution is 5.77. The molecule has 1 N–H and O–H groups in total. The number of hydrogen-bond donors (Lipinski definition) is 1. The number of benzene rings is 2. The van der Waals surface area contributed by atoms with Crippen LogP contribution < -0.4 is 23.8 Å². The Balaban J connectivity index is 1.51. The third kappa shape index (κ3) is 5.75. The van der Waals surface area contributed by atoms with Gasteiger partial charge >= 0.3 is 0 Å². The first-order valence-corrected chi connectivity index (χ1v) is 15.4. The molecule has 2 aromatic rings. The van der Waals surface area contributed by atoms with E-state index in [2.05, 4.69) is 49.9 Å². The Morgan fingerprint density at radius 1 is 0.878 bits per heavy atom. The highest BCUT2D eigenvalue weighted by Gasteiger charge is 2.44. The van der Waals surface area contributed by atoms with Crippen LogP contribution in [0.1, 0.15) is 80.8 Å². The molecule has 1 amide bonds. The Morgan fingerprint density at radius 2 is 1.46 bits per heavy atom. The van der Waals surface area contributed by atoms with Crippen LogP contribution in [0.4, 0.5) is 0 Å². The number of piperidine rings is 1. The van der Waals surface area contributed by atoms with E-state index in [1.165, 1.54) is 28.8 Å². The molecule has 0 aliphatic carbocycles. The molecule has 0 aromatic heterocycles. The SMILES string of the molecule is CC[C@@H]1C[NH+]2CCc3cc(OC)c(OC)cc3[C@@H]2C[C@@H]1C[C@@H]1c2cc(OC)c(OC)cc2CCN1C(=O)CC(C)C. The number of rotatable bonds is 9. The summed E-state index contributed by atoms with van der Waals surface area (Å²) >= 11 is 0. The molecule has 224 valence electrons. The maximum Gasteiger partial charge on any atom is 0.223 e. The van der Waals surface area contributed by atoms with E-state index in [1.807, 2.05) is 0 Å². The number of nitrogens with one attached hydrogen (secondary N) is 1. The molecule has 0 bridgehead atoms. The average molecular weight is 566 g/mol. The minimum Gasteiger partial charge on any atom is -0.493 e. The van der Waals surface area contributed by atoms with Crippen LogP contribution in [-0.2, 0) is 17.6 Å². The summed E-state index contributed by atoms with van der Waals surface area (Å²) in [5.41, 5.74) is 5.30. The number of hydrogen-bond acceptors (Lipinski definition) is 5. The summed E-state index contributed by atoms with van der Waals surface area (Å²) in [4.78, 5) is 17.5. The molecular formula is C34H49N2O5+. The van der Waals surface area contributed by atoms with E-state index in [-0.39, 0.29) is 11.9 Å². The van der Waals surface area contributed by atoms with Gasteiger partial charge in [-0.15, -0.1) is 0 Å². The van der Waals surface area contributed by atoms with Gasteiger partial charge < -0.3 is 28.7 Å². The van der Waals surface area contributed by atoms with E-state index in [4.69, 9.17) is 18.9 Å². The fourth-order valence-corrected chi connectivity index (χ4v) is 7.80. The van der Waals surface area contributed by atoms with Crippen molar-refractivity contribution in [1.82, 2.24) is 4.90 Å². The predicted octanol–water partition coefficient (Wildman–Crippen LogP) is 4.81. The number of amides is 1. The van der Waals surface area contributed by atoms with Crippen LogP contribution in [0, 0.1) is 17.8 Å². The lowest BCUT2D eigenvalue weighted by Crippen LogP contribution is -3.15. The van der Waals surface area contributed by atoms with Crippen LogP contribution in [0.25, 0.3) is 0 Å². The van der Waals surface area contributed by atoms with Crippen molar-refractivity contribution in [3.8, 4) is 23.0 Å². The van der Waals surface area contributed by atoms with Crippen molar-refractivity contribution in [3.63, 3.8) is 0 Å².